The number of rotatable bonds is 9. The summed E-state index contributed by atoms with van der Waals surface area (Å²) in [5.41, 5.74) is 1.33. The van der Waals surface area contributed by atoms with Gasteiger partial charge in [-0.05, 0) is 64.9 Å². The van der Waals surface area contributed by atoms with Crippen LogP contribution < -0.4 is 16.4 Å². The summed E-state index contributed by atoms with van der Waals surface area (Å²) in [5, 5.41) is 21.4. The molecule has 0 unspecified atom stereocenters. The molecule has 3 N–H and O–H groups in total. The van der Waals surface area contributed by atoms with Crippen LogP contribution in [0.1, 0.15) is 100 Å². The minimum absolute atomic E-state index is 0. The third-order valence-electron chi connectivity index (χ3n) is 8.24. The van der Waals surface area contributed by atoms with Crippen molar-refractivity contribution in [2.45, 2.75) is 104 Å². The number of ketones is 1. The van der Waals surface area contributed by atoms with Gasteiger partial charge in [-0.15, -0.1) is 12.4 Å². The van der Waals surface area contributed by atoms with E-state index in [2.05, 4.69) is 23.4 Å². The number of aryl methyl sites for hydroxylation is 1. The van der Waals surface area contributed by atoms with Gasteiger partial charge in [0.2, 0.25) is 5.91 Å². The molecule has 62 heavy (non-hydrogen) atoms. The molecular weight excluding hydrogens is 864 g/mol. The Labute approximate surface area is 366 Å². The monoisotopic (exact) mass is 922 g/mol. The van der Waals surface area contributed by atoms with Crippen molar-refractivity contribution < 1.29 is 70.0 Å². The number of aliphatic imine (C=N–C) groups is 1. The second kappa shape index (κ2) is 33.2. The number of aromatic hydroxyl groups is 2. The zero-order valence-electron chi connectivity index (χ0n) is 35.9. The molecule has 2 aromatic rings. The highest BCUT2D eigenvalue weighted by atomic mass is 35.5. The molecule has 6 rings (SSSR count). The Morgan fingerprint density at radius 1 is 0.823 bits per heavy atom. The Morgan fingerprint density at radius 2 is 1.42 bits per heavy atom. The summed E-state index contributed by atoms with van der Waals surface area (Å²) in [4.78, 5) is 86.2. The lowest BCUT2D eigenvalue weighted by molar-refractivity contribution is -0.191. The van der Waals surface area contributed by atoms with E-state index in [9.17, 15) is 42.3 Å². The maximum absolute atomic E-state index is 11.6. The van der Waals surface area contributed by atoms with Gasteiger partial charge in [0.15, 0.2) is 5.90 Å². The van der Waals surface area contributed by atoms with Crippen molar-refractivity contribution in [2.24, 2.45) is 4.99 Å². The highest BCUT2D eigenvalue weighted by Crippen LogP contribution is 2.25. The van der Waals surface area contributed by atoms with Crippen molar-refractivity contribution in [1.82, 2.24) is 14.5 Å². The molecule has 0 bridgehead atoms. The fourth-order valence-corrected chi connectivity index (χ4v) is 5.72. The Kier molecular flexibility index (Phi) is 31.5. The van der Waals surface area contributed by atoms with Gasteiger partial charge in [-0.25, -0.2) is 4.79 Å². The molecule has 0 atom stereocenters. The quantitative estimate of drug-likeness (QED) is 0.241. The molecule has 2 aromatic heterocycles. The van der Waals surface area contributed by atoms with E-state index in [1.165, 1.54) is 17.1 Å². The van der Waals surface area contributed by atoms with Gasteiger partial charge in [0, 0.05) is 69.0 Å². The van der Waals surface area contributed by atoms with Crippen LogP contribution in [0.3, 0.4) is 0 Å². The smallest absolute Gasteiger partial charge is 0.399 e. The largest absolute Gasteiger partial charge is 0.508 e. The summed E-state index contributed by atoms with van der Waals surface area (Å²) < 4.78 is 45.1. The number of esters is 2. The van der Waals surface area contributed by atoms with Crippen molar-refractivity contribution in [1.29, 1.82) is 0 Å². The summed E-state index contributed by atoms with van der Waals surface area (Å²) in [6, 6.07) is 3.99. The van der Waals surface area contributed by atoms with E-state index in [0.717, 1.165) is 96.5 Å². The molecule has 6 heterocycles. The van der Waals surface area contributed by atoms with E-state index >= 15 is 0 Å². The molecular formula is C39H59ClN4O17S. The van der Waals surface area contributed by atoms with Crippen molar-refractivity contribution in [3.05, 3.63) is 55.9 Å². The topological polar surface area (TPSA) is 292 Å². The van der Waals surface area contributed by atoms with Crippen LogP contribution in [-0.4, -0.2) is 111 Å². The summed E-state index contributed by atoms with van der Waals surface area (Å²) in [5.74, 6) is -0.0858. The van der Waals surface area contributed by atoms with E-state index < -0.39 is 22.3 Å². The third kappa shape index (κ3) is 23.6. The molecule has 23 heteroatoms. The molecule has 0 radical (unpaired) electrons. The summed E-state index contributed by atoms with van der Waals surface area (Å²) in [6.07, 6.45) is 8.77. The Bertz CT molecular complexity index is 1980. The van der Waals surface area contributed by atoms with Gasteiger partial charge in [-0.3, -0.25) is 37.3 Å². The second-order valence-corrected chi connectivity index (χ2v) is 14.1. The molecule has 4 aliphatic heterocycles. The third-order valence-corrected chi connectivity index (χ3v) is 9.06. The average molecular weight is 923 g/mol. The van der Waals surface area contributed by atoms with Gasteiger partial charge in [0.05, 0.1) is 34.5 Å². The number of nitrogens with zero attached hydrogens (tertiary/aromatic N) is 3. The van der Waals surface area contributed by atoms with Gasteiger partial charge >= 0.3 is 28.5 Å². The lowest BCUT2D eigenvalue weighted by Crippen LogP contribution is -2.22. The van der Waals surface area contributed by atoms with Crippen molar-refractivity contribution in [2.75, 3.05) is 47.6 Å². The van der Waals surface area contributed by atoms with Crippen LogP contribution in [0.4, 0.5) is 0 Å². The number of carbonyl (C=O) groups is 4. The number of halogens is 1. The number of hydrogen-bond donors (Lipinski definition) is 3. The first kappa shape index (κ1) is 58.7. The van der Waals surface area contributed by atoms with E-state index in [1.54, 1.807) is 31.6 Å². The van der Waals surface area contributed by atoms with Crippen molar-refractivity contribution in [3.8, 4) is 11.5 Å². The number of aromatic nitrogens is 2. The maximum Gasteiger partial charge on any atom is 0.399 e. The normalized spacial score (nSPS) is 13.5. The number of carbonyl (C=O) groups excluding carboxylic acids is 6. The van der Waals surface area contributed by atoms with Gasteiger partial charge < -0.3 is 38.9 Å². The molecule has 4 aliphatic rings. The summed E-state index contributed by atoms with van der Waals surface area (Å²) in [6.45, 7) is 9.17. The average Bonchev–Trinajstić information content (AvgIpc) is 4.06. The fourth-order valence-electron chi connectivity index (χ4n) is 5.59. The highest BCUT2D eigenvalue weighted by molar-refractivity contribution is 7.81. The lowest BCUT2D eigenvalue weighted by atomic mass is 10.1. The van der Waals surface area contributed by atoms with E-state index in [1.807, 2.05) is 6.92 Å². The number of ether oxygens (including phenoxy) is 3. The molecule has 1 saturated heterocycles. The number of Topliss-reactive ketones (excluding diaryl/α,β-unsaturated/α-hetero) is 1. The second-order valence-electron chi connectivity index (χ2n) is 12.6. The first-order chi connectivity index (χ1) is 29.0. The van der Waals surface area contributed by atoms with E-state index in [4.69, 9.17) is 24.2 Å². The Hall–Kier alpha value is -5.41. The van der Waals surface area contributed by atoms with Crippen LogP contribution in [0, 0.1) is 0 Å². The number of fused-ring (bicyclic) bond motifs is 2. The number of nitrogens with one attached hydrogen (secondary N) is 1. The number of amides is 1. The predicted octanol–water partition coefficient (Wildman–Crippen LogP) is 2.57. The highest BCUT2D eigenvalue weighted by Gasteiger charge is 2.25. The predicted molar refractivity (Wildman–Crippen MR) is 224 cm³/mol. The minimum atomic E-state index is -3.66. The molecule has 21 nitrogen and oxygen atoms in total. The van der Waals surface area contributed by atoms with Crippen LogP contribution in [0.5, 0.6) is 11.5 Å². The van der Waals surface area contributed by atoms with Crippen LogP contribution >= 0.6 is 12.4 Å². The van der Waals surface area contributed by atoms with Crippen molar-refractivity contribution >= 4 is 58.5 Å². The maximum atomic E-state index is 11.6. The van der Waals surface area contributed by atoms with Crippen LogP contribution in [0.25, 0.3) is 0 Å². The van der Waals surface area contributed by atoms with Gasteiger partial charge in [-0.1, -0.05) is 6.92 Å². The lowest BCUT2D eigenvalue weighted by Gasteiger charge is -2.10. The molecule has 0 aromatic carbocycles. The fraction of sp³-hybridized carbons (Fsp3) is 0.590. The standard InChI is InChI=1S/C11H13NO4.C8H9NO2.C8H14O3.C5H9NO.C4H7NO.C2H6O4S.CO2.ClH/c1-2-16-11(15)10-7-4-3-5-12(7)9(14)6-8(10)13;10-7-4-6-2-1-3-9(6)8(11)5-7;1-3-5-7(9)6-8(10)11-4-2;1-7-5-3-2-4-6-5;6-4-2-1-3-5-4;1-5-7(3,4)6-2;2-1-3;/h6,13H,2-5H2,1H3;4-5,10H,1-3H2;3-6H2,1-2H3;2-4H2,1H3;1-3H2,(H,5,6);1-2H3;;1H. The first-order valence-electron chi connectivity index (χ1n) is 19.4. The number of hydrogen-bond acceptors (Lipinski definition) is 18. The van der Waals surface area contributed by atoms with E-state index in [0.29, 0.717) is 31.7 Å². The van der Waals surface area contributed by atoms with Gasteiger partial charge in [0.1, 0.15) is 29.3 Å². The SMILES string of the molecule is CCCC(=O)CC(=O)OCC.CCOC(=O)c1c(O)cc(=O)n2c1CCC2.COC1=NCCC1.COS(=O)(=O)OC.Cl.O=C1CCCN1.O=C=O.O=c1cc(O)cc2n1CCC2. The van der Waals surface area contributed by atoms with Gasteiger partial charge in [-0.2, -0.15) is 18.0 Å². The van der Waals surface area contributed by atoms with Crippen molar-refractivity contribution in [3.63, 3.8) is 0 Å². The number of pyridine rings is 2. The van der Waals surface area contributed by atoms with Crippen LogP contribution in [0.15, 0.2) is 32.8 Å². The summed E-state index contributed by atoms with van der Waals surface area (Å²) in [7, 11) is 0.0666. The van der Waals surface area contributed by atoms with Crippen LogP contribution in [-0.2, 0) is 82.9 Å². The Balaban J connectivity index is 0. The molecule has 0 spiro atoms. The zero-order chi connectivity index (χ0) is 46.4. The molecule has 1 fully saturated rings. The summed E-state index contributed by atoms with van der Waals surface area (Å²) >= 11 is 0. The van der Waals surface area contributed by atoms with Crippen LogP contribution in [0.2, 0.25) is 0 Å². The zero-order valence-corrected chi connectivity index (χ0v) is 37.6. The molecule has 1 amide bonds. The Morgan fingerprint density at radius 3 is 1.87 bits per heavy atom. The molecule has 0 aliphatic carbocycles. The first-order valence-corrected chi connectivity index (χ1v) is 20.7. The minimum Gasteiger partial charge on any atom is -0.508 e. The van der Waals surface area contributed by atoms with E-state index in [-0.39, 0.29) is 71.5 Å². The number of methoxy groups -OCH3 is 1. The van der Waals surface area contributed by atoms with Gasteiger partial charge in [0.25, 0.3) is 11.1 Å². The molecule has 0 saturated carbocycles. The molecule has 350 valence electrons.